The number of carbonyl (C=O) groups excluding carboxylic acids is 1. The van der Waals surface area contributed by atoms with E-state index >= 15 is 0 Å². The van der Waals surface area contributed by atoms with Crippen LogP contribution < -0.4 is 11.1 Å². The number of carboxylic acids is 1. The van der Waals surface area contributed by atoms with Crippen LogP contribution in [0.4, 0.5) is 0 Å². The van der Waals surface area contributed by atoms with E-state index in [0.29, 0.717) is 6.42 Å². The molecule has 0 aliphatic heterocycles. The van der Waals surface area contributed by atoms with Crippen LogP contribution in [0.25, 0.3) is 0 Å². The normalized spacial score (nSPS) is 16.6. The third-order valence-corrected chi connectivity index (χ3v) is 4.09. The van der Waals surface area contributed by atoms with E-state index in [1.54, 1.807) is 20.8 Å². The number of carbonyl (C=O) groups is 2. The second kappa shape index (κ2) is 7.22. The molecule has 1 amide bonds. The first-order valence-electron chi connectivity index (χ1n) is 7.13. The standard InChI is InChI=1S/C16H24N2O3/c1-4-16(3,15(20)21)10-18-14(19)11(2)13(17)12-8-6-5-7-9-12/h5-9,11,13H,4,10,17H2,1-3H3,(H,18,19)(H,20,21). The molecule has 116 valence electrons. The Labute approximate surface area is 125 Å². The molecule has 0 heterocycles. The highest BCUT2D eigenvalue weighted by Gasteiger charge is 2.32. The number of nitrogens with two attached hydrogens (primary N) is 1. The fraction of sp³-hybridized carbons (Fsp3) is 0.500. The van der Waals surface area contributed by atoms with Crippen LogP contribution in [-0.2, 0) is 9.59 Å². The molecule has 21 heavy (non-hydrogen) atoms. The van der Waals surface area contributed by atoms with Crippen LogP contribution in [-0.4, -0.2) is 23.5 Å². The molecule has 0 aliphatic carbocycles. The maximum atomic E-state index is 12.2. The number of amides is 1. The maximum absolute atomic E-state index is 12.2. The average Bonchev–Trinajstić information content (AvgIpc) is 2.51. The molecule has 5 heteroatoms. The number of benzene rings is 1. The number of nitrogens with one attached hydrogen (secondary N) is 1. The highest BCUT2D eigenvalue weighted by atomic mass is 16.4. The van der Waals surface area contributed by atoms with E-state index in [4.69, 9.17) is 5.73 Å². The molecule has 0 saturated carbocycles. The summed E-state index contributed by atoms with van der Waals surface area (Å²) in [6.07, 6.45) is 0.446. The molecule has 1 aromatic rings. The van der Waals surface area contributed by atoms with Gasteiger partial charge in [-0.2, -0.15) is 0 Å². The average molecular weight is 292 g/mol. The molecule has 1 rings (SSSR count). The predicted molar refractivity (Wildman–Crippen MR) is 81.6 cm³/mol. The monoisotopic (exact) mass is 292 g/mol. The Balaban J connectivity index is 2.65. The van der Waals surface area contributed by atoms with E-state index in [1.807, 2.05) is 30.3 Å². The minimum Gasteiger partial charge on any atom is -0.481 e. The SMILES string of the molecule is CCC(C)(CNC(=O)C(C)C(N)c1ccccc1)C(=O)O. The van der Waals surface area contributed by atoms with Crippen LogP contribution in [0.15, 0.2) is 30.3 Å². The van der Waals surface area contributed by atoms with Crippen molar-refractivity contribution in [2.24, 2.45) is 17.1 Å². The largest absolute Gasteiger partial charge is 0.481 e. The lowest BCUT2D eigenvalue weighted by molar-refractivity contribution is -0.148. The molecule has 4 N–H and O–H groups in total. The van der Waals surface area contributed by atoms with E-state index in [0.717, 1.165) is 5.56 Å². The van der Waals surface area contributed by atoms with Gasteiger partial charge in [0.05, 0.1) is 11.3 Å². The van der Waals surface area contributed by atoms with Crippen molar-refractivity contribution in [1.82, 2.24) is 5.32 Å². The van der Waals surface area contributed by atoms with Gasteiger partial charge in [0.2, 0.25) is 5.91 Å². The lowest BCUT2D eigenvalue weighted by atomic mass is 9.87. The lowest BCUT2D eigenvalue weighted by Crippen LogP contribution is -2.44. The minimum atomic E-state index is -0.952. The van der Waals surface area contributed by atoms with Gasteiger partial charge in [-0.15, -0.1) is 0 Å². The van der Waals surface area contributed by atoms with E-state index < -0.39 is 23.3 Å². The van der Waals surface area contributed by atoms with Crippen LogP contribution in [0.1, 0.15) is 38.8 Å². The molecule has 3 atom stereocenters. The molecule has 0 saturated heterocycles. The van der Waals surface area contributed by atoms with Gasteiger partial charge in [0.15, 0.2) is 0 Å². The molecule has 0 fully saturated rings. The summed E-state index contributed by atoms with van der Waals surface area (Å²) in [6.45, 7) is 5.26. The number of carboxylic acid groups (broad SMARTS) is 1. The van der Waals surface area contributed by atoms with Crippen molar-refractivity contribution in [3.8, 4) is 0 Å². The lowest BCUT2D eigenvalue weighted by Gasteiger charge is -2.25. The molecular weight excluding hydrogens is 268 g/mol. The van der Waals surface area contributed by atoms with E-state index in [-0.39, 0.29) is 12.5 Å². The van der Waals surface area contributed by atoms with Gasteiger partial charge in [0.1, 0.15) is 0 Å². The number of aliphatic carboxylic acids is 1. The zero-order valence-corrected chi connectivity index (χ0v) is 12.8. The topological polar surface area (TPSA) is 92.4 Å². The molecule has 0 aromatic heterocycles. The first-order valence-corrected chi connectivity index (χ1v) is 7.13. The minimum absolute atomic E-state index is 0.101. The highest BCUT2D eigenvalue weighted by molar-refractivity contribution is 5.81. The van der Waals surface area contributed by atoms with Gasteiger partial charge < -0.3 is 16.2 Å². The molecular formula is C16H24N2O3. The van der Waals surface area contributed by atoms with E-state index in [2.05, 4.69) is 5.32 Å². The molecule has 3 unspecified atom stereocenters. The fourth-order valence-electron chi connectivity index (χ4n) is 1.92. The van der Waals surface area contributed by atoms with Gasteiger partial charge in [-0.25, -0.2) is 0 Å². The molecule has 0 radical (unpaired) electrons. The Morgan fingerprint density at radius 1 is 1.33 bits per heavy atom. The fourth-order valence-corrected chi connectivity index (χ4v) is 1.92. The summed E-state index contributed by atoms with van der Waals surface area (Å²) < 4.78 is 0. The summed E-state index contributed by atoms with van der Waals surface area (Å²) in [4.78, 5) is 23.4. The molecule has 1 aromatic carbocycles. The predicted octanol–water partition coefficient (Wildman–Crippen LogP) is 1.94. The number of hydrogen-bond donors (Lipinski definition) is 3. The highest BCUT2D eigenvalue weighted by Crippen LogP contribution is 2.22. The second-order valence-electron chi connectivity index (χ2n) is 5.66. The Hall–Kier alpha value is -1.88. The molecule has 5 nitrogen and oxygen atoms in total. The summed E-state index contributed by atoms with van der Waals surface area (Å²) in [5, 5.41) is 11.9. The Morgan fingerprint density at radius 3 is 2.38 bits per heavy atom. The first kappa shape index (κ1) is 17.2. The van der Waals surface area contributed by atoms with Gasteiger partial charge in [-0.05, 0) is 18.9 Å². The molecule has 0 bridgehead atoms. The van der Waals surface area contributed by atoms with E-state index in [1.165, 1.54) is 0 Å². The third kappa shape index (κ3) is 4.29. The van der Waals surface area contributed by atoms with Crippen molar-refractivity contribution in [3.63, 3.8) is 0 Å². The van der Waals surface area contributed by atoms with Gasteiger partial charge in [-0.1, -0.05) is 44.2 Å². The molecule has 0 spiro atoms. The first-order chi connectivity index (χ1) is 9.81. The summed E-state index contributed by atoms with van der Waals surface area (Å²) in [5.74, 6) is -1.57. The van der Waals surface area contributed by atoms with Crippen LogP contribution >= 0.6 is 0 Å². The maximum Gasteiger partial charge on any atom is 0.311 e. The van der Waals surface area contributed by atoms with Gasteiger partial charge in [0.25, 0.3) is 0 Å². The van der Waals surface area contributed by atoms with Gasteiger partial charge >= 0.3 is 5.97 Å². The smallest absolute Gasteiger partial charge is 0.311 e. The molecule has 0 aliphatic rings. The van der Waals surface area contributed by atoms with Crippen LogP contribution in [0.2, 0.25) is 0 Å². The zero-order chi connectivity index (χ0) is 16.0. The van der Waals surface area contributed by atoms with Crippen LogP contribution in [0.5, 0.6) is 0 Å². The summed E-state index contributed by atoms with van der Waals surface area (Å²) in [7, 11) is 0. The van der Waals surface area contributed by atoms with Crippen LogP contribution in [0.3, 0.4) is 0 Å². The van der Waals surface area contributed by atoms with Crippen LogP contribution in [0, 0.1) is 11.3 Å². The van der Waals surface area contributed by atoms with Crippen molar-refractivity contribution >= 4 is 11.9 Å². The third-order valence-electron chi connectivity index (χ3n) is 4.09. The Morgan fingerprint density at radius 2 is 1.90 bits per heavy atom. The van der Waals surface area contributed by atoms with Gasteiger partial charge in [0, 0.05) is 12.6 Å². The Kier molecular flexibility index (Phi) is 5.90. The summed E-state index contributed by atoms with van der Waals surface area (Å²) in [5.41, 5.74) is 6.03. The number of hydrogen-bond acceptors (Lipinski definition) is 3. The van der Waals surface area contributed by atoms with Gasteiger partial charge in [-0.3, -0.25) is 9.59 Å². The quantitative estimate of drug-likeness (QED) is 0.716. The Bertz CT molecular complexity index is 490. The van der Waals surface area contributed by atoms with Crippen molar-refractivity contribution in [2.75, 3.05) is 6.54 Å². The van der Waals surface area contributed by atoms with Crippen molar-refractivity contribution in [2.45, 2.75) is 33.2 Å². The number of rotatable bonds is 7. The zero-order valence-electron chi connectivity index (χ0n) is 12.8. The second-order valence-corrected chi connectivity index (χ2v) is 5.66. The summed E-state index contributed by atoms with van der Waals surface area (Å²) >= 11 is 0. The van der Waals surface area contributed by atoms with Crippen molar-refractivity contribution < 1.29 is 14.7 Å². The van der Waals surface area contributed by atoms with Crippen molar-refractivity contribution in [3.05, 3.63) is 35.9 Å². The van der Waals surface area contributed by atoms with E-state index in [9.17, 15) is 14.7 Å². The van der Waals surface area contributed by atoms with Crippen molar-refractivity contribution in [1.29, 1.82) is 0 Å². The summed E-state index contributed by atoms with van der Waals surface area (Å²) in [6, 6.07) is 8.98.